The lowest BCUT2D eigenvalue weighted by Crippen LogP contribution is -2.18. The van der Waals surface area contributed by atoms with E-state index in [0.29, 0.717) is 0 Å². The molecule has 0 saturated heterocycles. The third-order valence-electron chi connectivity index (χ3n) is 4.20. The van der Waals surface area contributed by atoms with Crippen molar-refractivity contribution in [2.24, 2.45) is 5.41 Å². The fourth-order valence-electron chi connectivity index (χ4n) is 2.90. The van der Waals surface area contributed by atoms with Crippen LogP contribution in [0, 0.1) is 12.3 Å². The second-order valence-electron chi connectivity index (χ2n) is 8.38. The maximum Gasteiger partial charge on any atom is 0.453 e. The first-order valence-electron chi connectivity index (χ1n) is 9.47. The van der Waals surface area contributed by atoms with Crippen LogP contribution in [0.25, 0.3) is 11.0 Å². The van der Waals surface area contributed by atoms with Crippen LogP contribution in [0.2, 0.25) is 0 Å². The number of hydrogen-bond donors (Lipinski definition) is 0. The van der Waals surface area contributed by atoms with E-state index < -0.39 is 29.1 Å². The van der Waals surface area contributed by atoms with Crippen LogP contribution < -0.4 is 14.9 Å². The largest absolute Gasteiger partial charge is 0.453 e. The Labute approximate surface area is 176 Å². The topological polar surface area (TPSA) is 65.7 Å². The number of benzene rings is 2. The summed E-state index contributed by atoms with van der Waals surface area (Å²) in [4.78, 5) is 24.8. The fraction of sp³-hybridized carbons (Fsp3) is 0.304. The molecule has 0 atom stereocenters. The standard InChI is InChI=1S/C23H21F3O5/c1-13-6-5-7-14(10-13)30-20-19(28)16-9-8-15(29-18(27)12-22(2,3)4)11-17(16)31-21(20)23(24,25)26/h5-11H,12H2,1-4H3. The van der Waals surface area contributed by atoms with Crippen LogP contribution in [0.4, 0.5) is 13.2 Å². The van der Waals surface area contributed by atoms with Gasteiger partial charge in [0.05, 0.1) is 11.8 Å². The van der Waals surface area contributed by atoms with Crippen molar-refractivity contribution in [1.29, 1.82) is 0 Å². The number of rotatable bonds is 4. The summed E-state index contributed by atoms with van der Waals surface area (Å²) >= 11 is 0. The average Bonchev–Trinajstić information content (AvgIpc) is 2.61. The van der Waals surface area contributed by atoms with Crippen LogP contribution >= 0.6 is 0 Å². The van der Waals surface area contributed by atoms with E-state index >= 15 is 0 Å². The summed E-state index contributed by atoms with van der Waals surface area (Å²) in [6.07, 6.45) is -4.88. The van der Waals surface area contributed by atoms with Crippen LogP contribution in [0.5, 0.6) is 17.2 Å². The van der Waals surface area contributed by atoms with Crippen LogP contribution in [0.1, 0.15) is 38.5 Å². The molecule has 0 aliphatic carbocycles. The van der Waals surface area contributed by atoms with Crippen molar-refractivity contribution in [2.75, 3.05) is 0 Å². The Kier molecular flexibility index (Phi) is 5.85. The van der Waals surface area contributed by atoms with Crippen molar-refractivity contribution in [1.82, 2.24) is 0 Å². The van der Waals surface area contributed by atoms with Crippen molar-refractivity contribution in [3.05, 3.63) is 64.0 Å². The highest BCUT2D eigenvalue weighted by molar-refractivity contribution is 5.81. The summed E-state index contributed by atoms with van der Waals surface area (Å²) in [5.41, 5.74) is -0.929. The van der Waals surface area contributed by atoms with Gasteiger partial charge in [-0.3, -0.25) is 9.59 Å². The zero-order chi connectivity index (χ0) is 23.0. The highest BCUT2D eigenvalue weighted by Gasteiger charge is 2.40. The Morgan fingerprint density at radius 1 is 1.03 bits per heavy atom. The Hall–Kier alpha value is -3.29. The van der Waals surface area contributed by atoms with Gasteiger partial charge >= 0.3 is 12.1 Å². The van der Waals surface area contributed by atoms with E-state index in [-0.39, 0.29) is 34.3 Å². The third-order valence-corrected chi connectivity index (χ3v) is 4.20. The molecule has 31 heavy (non-hydrogen) atoms. The number of hydrogen-bond acceptors (Lipinski definition) is 5. The maximum absolute atomic E-state index is 13.6. The normalized spacial score (nSPS) is 12.1. The predicted octanol–water partition coefficient (Wildman–Crippen LogP) is 6.25. The number of esters is 1. The van der Waals surface area contributed by atoms with Gasteiger partial charge in [0.15, 0.2) is 0 Å². The smallest absolute Gasteiger partial charge is 0.449 e. The molecule has 1 heterocycles. The summed E-state index contributed by atoms with van der Waals surface area (Å²) in [5.74, 6) is -3.02. The van der Waals surface area contributed by atoms with Gasteiger partial charge in [-0.1, -0.05) is 32.9 Å². The van der Waals surface area contributed by atoms with Crippen LogP contribution in [0.3, 0.4) is 0 Å². The summed E-state index contributed by atoms with van der Waals surface area (Å²) in [6, 6.07) is 9.93. The zero-order valence-corrected chi connectivity index (χ0v) is 17.4. The van der Waals surface area contributed by atoms with Gasteiger partial charge in [-0.15, -0.1) is 0 Å². The molecule has 0 unspecified atom stereocenters. The minimum absolute atomic E-state index is 0.0228. The number of halogens is 3. The Morgan fingerprint density at radius 2 is 1.74 bits per heavy atom. The second kappa shape index (κ2) is 8.09. The van der Waals surface area contributed by atoms with Crippen molar-refractivity contribution < 1.29 is 31.9 Å². The van der Waals surface area contributed by atoms with E-state index in [2.05, 4.69) is 0 Å². The van der Waals surface area contributed by atoms with Crippen molar-refractivity contribution in [2.45, 2.75) is 40.3 Å². The molecule has 0 amide bonds. The molecule has 2 aromatic carbocycles. The average molecular weight is 434 g/mol. The summed E-state index contributed by atoms with van der Waals surface area (Å²) in [7, 11) is 0. The molecule has 0 fully saturated rings. The first-order chi connectivity index (χ1) is 14.3. The van der Waals surface area contributed by atoms with Gasteiger partial charge in [0.25, 0.3) is 5.76 Å². The van der Waals surface area contributed by atoms with E-state index in [1.807, 2.05) is 20.8 Å². The maximum atomic E-state index is 13.6. The van der Waals surface area contributed by atoms with Gasteiger partial charge < -0.3 is 13.9 Å². The number of fused-ring (bicyclic) bond motifs is 1. The van der Waals surface area contributed by atoms with Crippen molar-refractivity contribution in [3.63, 3.8) is 0 Å². The molecule has 3 aromatic rings. The van der Waals surface area contributed by atoms with Crippen LogP contribution in [-0.4, -0.2) is 5.97 Å². The number of carbonyl (C=O) groups is 1. The van der Waals surface area contributed by atoms with Gasteiger partial charge in [0.2, 0.25) is 11.2 Å². The molecular weight excluding hydrogens is 413 g/mol. The molecule has 0 aliphatic rings. The molecule has 0 spiro atoms. The second-order valence-corrected chi connectivity index (χ2v) is 8.38. The van der Waals surface area contributed by atoms with E-state index in [1.54, 1.807) is 19.1 Å². The SMILES string of the molecule is Cc1cccc(Oc2c(C(F)(F)F)oc3cc(OC(=O)CC(C)(C)C)ccc3c2=O)c1. The molecule has 0 N–H and O–H groups in total. The van der Waals surface area contributed by atoms with Gasteiger partial charge in [-0.2, -0.15) is 13.2 Å². The highest BCUT2D eigenvalue weighted by Crippen LogP contribution is 2.38. The Balaban J connectivity index is 2.06. The molecule has 5 nitrogen and oxygen atoms in total. The molecule has 8 heteroatoms. The van der Waals surface area contributed by atoms with Crippen molar-refractivity contribution in [3.8, 4) is 17.2 Å². The van der Waals surface area contributed by atoms with E-state index in [9.17, 15) is 22.8 Å². The lowest BCUT2D eigenvalue weighted by molar-refractivity contribution is -0.154. The fourth-order valence-corrected chi connectivity index (χ4v) is 2.90. The van der Waals surface area contributed by atoms with E-state index in [0.717, 1.165) is 11.6 Å². The first kappa shape index (κ1) is 22.4. The minimum atomic E-state index is -4.98. The molecule has 0 radical (unpaired) electrons. The molecule has 0 aliphatic heterocycles. The summed E-state index contributed by atoms with van der Waals surface area (Å²) < 4.78 is 56.4. The minimum Gasteiger partial charge on any atom is -0.449 e. The van der Waals surface area contributed by atoms with Gasteiger partial charge in [-0.25, -0.2) is 0 Å². The Bertz CT molecular complexity index is 1190. The number of ether oxygens (including phenoxy) is 2. The predicted molar refractivity (Wildman–Crippen MR) is 108 cm³/mol. The number of aryl methyl sites for hydroxylation is 1. The highest BCUT2D eigenvalue weighted by atomic mass is 19.4. The third kappa shape index (κ3) is 5.45. The molecule has 3 rings (SSSR count). The first-order valence-corrected chi connectivity index (χ1v) is 9.47. The van der Waals surface area contributed by atoms with E-state index in [1.165, 1.54) is 24.3 Å². The zero-order valence-electron chi connectivity index (χ0n) is 17.4. The monoisotopic (exact) mass is 434 g/mol. The lowest BCUT2D eigenvalue weighted by Gasteiger charge is -2.16. The van der Waals surface area contributed by atoms with E-state index in [4.69, 9.17) is 13.9 Å². The molecule has 1 aromatic heterocycles. The molecule has 164 valence electrons. The van der Waals surface area contributed by atoms with Gasteiger partial charge in [0, 0.05) is 6.07 Å². The van der Waals surface area contributed by atoms with Gasteiger partial charge in [-0.05, 0) is 42.2 Å². The van der Waals surface area contributed by atoms with Crippen LogP contribution in [-0.2, 0) is 11.0 Å². The summed E-state index contributed by atoms with van der Waals surface area (Å²) in [5, 5.41) is -0.133. The molecular formula is C23H21F3O5. The quantitative estimate of drug-likeness (QED) is 0.358. The molecule has 0 saturated carbocycles. The van der Waals surface area contributed by atoms with Gasteiger partial charge in [0.1, 0.15) is 17.1 Å². The Morgan fingerprint density at radius 3 is 2.35 bits per heavy atom. The lowest BCUT2D eigenvalue weighted by atomic mass is 9.92. The number of carbonyl (C=O) groups excluding carboxylic acids is 1. The molecule has 0 bridgehead atoms. The summed E-state index contributed by atoms with van der Waals surface area (Å²) in [6.45, 7) is 7.28. The van der Waals surface area contributed by atoms with Crippen molar-refractivity contribution >= 4 is 16.9 Å². The van der Waals surface area contributed by atoms with Crippen LogP contribution in [0.15, 0.2) is 51.7 Å². The number of alkyl halides is 3.